The highest BCUT2D eigenvalue weighted by molar-refractivity contribution is 6.14. The molecule has 0 bridgehead atoms. The average Bonchev–Trinajstić information content (AvgIpc) is 2.66. The van der Waals surface area contributed by atoms with Gasteiger partial charge in [0, 0.05) is 17.3 Å². The molecule has 0 unspecified atom stereocenters. The van der Waals surface area contributed by atoms with Crippen molar-refractivity contribution in [3.8, 4) is 5.75 Å². The number of para-hydroxylation sites is 2. The number of nitrogens with zero attached hydrogens (tertiary/aromatic N) is 1. The monoisotopic (exact) mass is 328 g/mol. The maximum Gasteiger partial charge on any atom is 0.344 e. The fraction of sp³-hybridized carbons (Fsp3) is 0.0476. The highest BCUT2D eigenvalue weighted by atomic mass is 16.5. The van der Waals surface area contributed by atoms with E-state index in [0.29, 0.717) is 17.9 Å². The van der Waals surface area contributed by atoms with Crippen LogP contribution in [0.25, 0.3) is 21.8 Å². The second-order valence-corrected chi connectivity index (χ2v) is 5.76. The van der Waals surface area contributed by atoms with Crippen molar-refractivity contribution in [3.05, 3.63) is 83.9 Å². The van der Waals surface area contributed by atoms with Crippen LogP contribution in [0.3, 0.4) is 0 Å². The van der Waals surface area contributed by atoms with Crippen LogP contribution in [-0.4, -0.2) is 11.0 Å². The van der Waals surface area contributed by atoms with Gasteiger partial charge >= 0.3 is 5.97 Å². The number of carbonyl (C=O) groups excluding carboxylic acids is 1. The quantitative estimate of drug-likeness (QED) is 0.350. The van der Waals surface area contributed by atoms with Gasteiger partial charge in [-0.3, -0.25) is 0 Å². The molecule has 3 aromatic carbocycles. The summed E-state index contributed by atoms with van der Waals surface area (Å²) in [7, 11) is 0. The van der Waals surface area contributed by atoms with Crippen LogP contribution >= 0.6 is 0 Å². The third-order valence-corrected chi connectivity index (χ3v) is 4.16. The first-order valence-corrected chi connectivity index (χ1v) is 8.05. The maximum atomic E-state index is 12.9. The predicted molar refractivity (Wildman–Crippen MR) is 98.5 cm³/mol. The van der Waals surface area contributed by atoms with Crippen molar-refractivity contribution in [2.24, 2.45) is 5.73 Å². The average molecular weight is 328 g/mol. The van der Waals surface area contributed by atoms with E-state index in [1.54, 1.807) is 12.1 Å². The number of fused-ring (bicyclic) bond motifs is 2. The van der Waals surface area contributed by atoms with Crippen molar-refractivity contribution in [1.82, 2.24) is 4.98 Å². The number of hydrogen-bond donors (Lipinski definition) is 1. The molecule has 0 aliphatic rings. The molecule has 0 aliphatic heterocycles. The first-order chi connectivity index (χ1) is 12.3. The highest BCUT2D eigenvalue weighted by Crippen LogP contribution is 2.27. The first-order valence-electron chi connectivity index (χ1n) is 8.05. The van der Waals surface area contributed by atoms with Crippen LogP contribution < -0.4 is 10.5 Å². The minimum Gasteiger partial charge on any atom is -0.423 e. The Kier molecular flexibility index (Phi) is 3.88. The lowest BCUT2D eigenvalue weighted by atomic mass is 10.0. The zero-order valence-corrected chi connectivity index (χ0v) is 13.5. The summed E-state index contributed by atoms with van der Waals surface area (Å²) in [6, 6.07) is 22.4. The van der Waals surface area contributed by atoms with Gasteiger partial charge in [-0.2, -0.15) is 0 Å². The molecular formula is C21H16N2O2. The predicted octanol–water partition coefficient (Wildman–Crippen LogP) is 4.07. The van der Waals surface area contributed by atoms with Crippen LogP contribution in [0.2, 0.25) is 0 Å². The zero-order valence-electron chi connectivity index (χ0n) is 13.5. The smallest absolute Gasteiger partial charge is 0.344 e. The lowest BCUT2D eigenvalue weighted by molar-refractivity contribution is 0.0739. The van der Waals surface area contributed by atoms with E-state index in [-0.39, 0.29) is 0 Å². The Balaban J connectivity index is 1.83. The van der Waals surface area contributed by atoms with Crippen molar-refractivity contribution in [2.45, 2.75) is 6.54 Å². The summed E-state index contributed by atoms with van der Waals surface area (Å²) in [5, 5.41) is 1.56. The van der Waals surface area contributed by atoms with Crippen LogP contribution in [0.15, 0.2) is 72.8 Å². The highest BCUT2D eigenvalue weighted by Gasteiger charge is 2.17. The van der Waals surface area contributed by atoms with Gasteiger partial charge in [-0.25, -0.2) is 9.78 Å². The number of hydrogen-bond acceptors (Lipinski definition) is 4. The van der Waals surface area contributed by atoms with E-state index in [0.717, 1.165) is 27.4 Å². The Morgan fingerprint density at radius 1 is 0.840 bits per heavy atom. The van der Waals surface area contributed by atoms with Gasteiger partial charge in [0.15, 0.2) is 0 Å². The maximum absolute atomic E-state index is 12.9. The number of ether oxygens (including phenoxy) is 1. The number of aromatic nitrogens is 1. The third-order valence-electron chi connectivity index (χ3n) is 4.16. The van der Waals surface area contributed by atoms with Crippen molar-refractivity contribution in [2.75, 3.05) is 0 Å². The minimum atomic E-state index is -0.393. The van der Waals surface area contributed by atoms with Gasteiger partial charge < -0.3 is 10.5 Å². The van der Waals surface area contributed by atoms with Crippen LogP contribution in [0.1, 0.15) is 15.9 Å². The van der Waals surface area contributed by atoms with E-state index in [1.165, 1.54) is 0 Å². The Labute approximate surface area is 144 Å². The summed E-state index contributed by atoms with van der Waals surface area (Å²) >= 11 is 0. The molecule has 4 aromatic rings. The first kappa shape index (κ1) is 15.3. The molecule has 4 rings (SSSR count). The van der Waals surface area contributed by atoms with Crippen molar-refractivity contribution >= 4 is 27.8 Å². The minimum absolute atomic E-state index is 0.393. The number of benzene rings is 3. The molecule has 0 fully saturated rings. The molecule has 0 spiro atoms. The molecule has 4 heteroatoms. The Morgan fingerprint density at radius 2 is 1.40 bits per heavy atom. The van der Waals surface area contributed by atoms with Crippen molar-refractivity contribution in [1.29, 1.82) is 0 Å². The number of carbonyl (C=O) groups is 1. The van der Waals surface area contributed by atoms with E-state index < -0.39 is 5.97 Å². The van der Waals surface area contributed by atoms with E-state index in [4.69, 9.17) is 10.5 Å². The van der Waals surface area contributed by atoms with E-state index >= 15 is 0 Å². The third kappa shape index (κ3) is 2.84. The Morgan fingerprint density at radius 3 is 1.96 bits per heavy atom. The second kappa shape index (κ2) is 6.34. The topological polar surface area (TPSA) is 65.2 Å². The fourth-order valence-corrected chi connectivity index (χ4v) is 2.91. The molecule has 0 aliphatic carbocycles. The summed E-state index contributed by atoms with van der Waals surface area (Å²) in [4.78, 5) is 17.6. The molecule has 0 amide bonds. The largest absolute Gasteiger partial charge is 0.423 e. The fourth-order valence-electron chi connectivity index (χ4n) is 2.91. The van der Waals surface area contributed by atoms with Gasteiger partial charge in [0.05, 0.1) is 16.6 Å². The molecule has 1 aromatic heterocycles. The van der Waals surface area contributed by atoms with Crippen LogP contribution in [-0.2, 0) is 6.54 Å². The molecule has 2 N–H and O–H groups in total. The Bertz CT molecular complexity index is 1020. The lowest BCUT2D eigenvalue weighted by Gasteiger charge is -2.11. The zero-order chi connectivity index (χ0) is 17.2. The van der Waals surface area contributed by atoms with Crippen LogP contribution in [0.4, 0.5) is 0 Å². The van der Waals surface area contributed by atoms with Crippen LogP contribution in [0.5, 0.6) is 5.75 Å². The number of esters is 1. The summed E-state index contributed by atoms with van der Waals surface area (Å²) in [5.74, 6) is 0.0995. The van der Waals surface area contributed by atoms with Gasteiger partial charge in [-0.05, 0) is 29.8 Å². The summed E-state index contributed by atoms with van der Waals surface area (Å²) in [5.41, 5.74) is 8.66. The normalized spacial score (nSPS) is 10.9. The molecule has 4 nitrogen and oxygen atoms in total. The second-order valence-electron chi connectivity index (χ2n) is 5.76. The standard InChI is InChI=1S/C21H16N2O2/c22-13-14-9-11-15(12-10-14)25-21(24)20-16-5-1-3-7-18(16)23-19-8-4-2-6-17(19)20/h1-12H,13,22H2. The molecule has 122 valence electrons. The molecular weight excluding hydrogens is 312 g/mol. The van der Waals surface area contributed by atoms with Gasteiger partial charge in [-0.1, -0.05) is 48.5 Å². The molecule has 0 radical (unpaired) electrons. The van der Waals surface area contributed by atoms with Crippen molar-refractivity contribution in [3.63, 3.8) is 0 Å². The molecule has 0 saturated heterocycles. The Hall–Kier alpha value is -3.24. The summed E-state index contributed by atoms with van der Waals surface area (Å²) < 4.78 is 5.61. The summed E-state index contributed by atoms with van der Waals surface area (Å²) in [6.07, 6.45) is 0. The molecule has 1 heterocycles. The number of nitrogens with two attached hydrogens (primary N) is 1. The van der Waals surface area contributed by atoms with Gasteiger partial charge in [-0.15, -0.1) is 0 Å². The van der Waals surface area contributed by atoms with E-state index in [2.05, 4.69) is 4.98 Å². The lowest BCUT2D eigenvalue weighted by Crippen LogP contribution is -2.10. The number of rotatable bonds is 3. The van der Waals surface area contributed by atoms with Gasteiger partial charge in [0.2, 0.25) is 0 Å². The van der Waals surface area contributed by atoms with Gasteiger partial charge in [0.25, 0.3) is 0 Å². The summed E-state index contributed by atoms with van der Waals surface area (Å²) in [6.45, 7) is 0.452. The van der Waals surface area contributed by atoms with Crippen LogP contribution in [0, 0.1) is 0 Å². The van der Waals surface area contributed by atoms with E-state index in [1.807, 2.05) is 60.7 Å². The van der Waals surface area contributed by atoms with E-state index in [9.17, 15) is 4.79 Å². The van der Waals surface area contributed by atoms with Gasteiger partial charge in [0.1, 0.15) is 5.75 Å². The SMILES string of the molecule is NCc1ccc(OC(=O)c2c3ccccc3nc3ccccc23)cc1. The van der Waals surface area contributed by atoms with Crippen molar-refractivity contribution < 1.29 is 9.53 Å². The molecule has 0 atom stereocenters. The molecule has 0 saturated carbocycles. The molecule has 25 heavy (non-hydrogen) atoms. The number of pyridine rings is 1.